The molecular weight excluding hydrogens is 164 g/mol. The molecule has 0 heterocycles. The van der Waals surface area contributed by atoms with Gasteiger partial charge >= 0.3 is 5.97 Å². The fraction of sp³-hybridized carbons (Fsp3) is 0.500. The van der Waals surface area contributed by atoms with Gasteiger partial charge in [0.15, 0.2) is 0 Å². The van der Waals surface area contributed by atoms with Crippen LogP contribution in [0.5, 0.6) is 0 Å². The molecule has 0 unspecified atom stereocenters. The number of rotatable bonds is 5. The van der Waals surface area contributed by atoms with Crippen LogP contribution in [0, 0.1) is 0 Å². The van der Waals surface area contributed by atoms with Gasteiger partial charge in [0.25, 0.3) is 0 Å². The summed E-state index contributed by atoms with van der Waals surface area (Å²) in [6, 6.07) is 0. The zero-order valence-electron chi connectivity index (χ0n) is 6.70. The van der Waals surface area contributed by atoms with E-state index in [1.54, 1.807) is 7.11 Å². The lowest BCUT2D eigenvalue weighted by atomic mass is 10.6. The molecule has 0 bridgehead atoms. The highest BCUT2D eigenvalue weighted by Crippen LogP contribution is 1.80. The second kappa shape index (κ2) is 7.30. The van der Waals surface area contributed by atoms with Crippen LogP contribution in [-0.2, 0) is 18.7 Å². The minimum Gasteiger partial charge on any atom is -0.526 e. The molecule has 0 atom stereocenters. The van der Waals surface area contributed by atoms with E-state index < -0.39 is 0 Å². The summed E-state index contributed by atoms with van der Waals surface area (Å²) in [5.41, 5.74) is 0. The molecule has 0 amide bonds. The Hall–Kier alpha value is -0.813. The summed E-state index contributed by atoms with van der Waals surface area (Å²) in [6.07, 6.45) is 2.54. The molecule has 0 fully saturated rings. The lowest BCUT2D eigenvalue weighted by Gasteiger charge is -1.97. The van der Waals surface area contributed by atoms with Crippen molar-refractivity contribution in [3.05, 3.63) is 12.3 Å². The number of carbonyl (C=O) groups excluding carboxylic acids is 1. The molecule has 0 aromatic carbocycles. The molecule has 64 valence electrons. The van der Waals surface area contributed by atoms with Gasteiger partial charge in [0.2, 0.25) is 10.5 Å². The molecule has 0 aromatic rings. The van der Waals surface area contributed by atoms with E-state index in [-0.39, 0.29) is 5.97 Å². The number of hydrogen-bond donors (Lipinski definition) is 0. The van der Waals surface area contributed by atoms with Gasteiger partial charge in [0.05, 0.1) is 18.9 Å². The minimum absolute atomic E-state index is 0.367. The summed E-state index contributed by atoms with van der Waals surface area (Å²) < 4.78 is 14.0. The average Bonchev–Trinajstić information content (AvgIpc) is 2.04. The molecule has 0 N–H and O–H groups in total. The van der Waals surface area contributed by atoms with Crippen molar-refractivity contribution in [2.24, 2.45) is 0 Å². The second-order valence-electron chi connectivity index (χ2n) is 1.69. The van der Waals surface area contributed by atoms with Gasteiger partial charge in [0, 0.05) is 7.11 Å². The molecule has 0 spiro atoms. The summed E-state index contributed by atoms with van der Waals surface area (Å²) in [7, 11) is 1.99. The molecule has 0 aromatic heterocycles. The molecule has 11 heavy (non-hydrogen) atoms. The van der Waals surface area contributed by atoms with Crippen LogP contribution in [0.25, 0.3) is 0 Å². The van der Waals surface area contributed by atoms with Gasteiger partial charge in [-0.3, -0.25) is 0 Å². The Morgan fingerprint density at radius 1 is 1.55 bits per heavy atom. The number of ether oxygens (including phenoxy) is 2. The van der Waals surface area contributed by atoms with Gasteiger partial charge in [-0.25, -0.2) is 4.79 Å². The van der Waals surface area contributed by atoms with Crippen molar-refractivity contribution in [1.82, 2.24) is 0 Å². The third kappa shape index (κ3) is 7.08. The number of methoxy groups -OCH3 is 1. The van der Waals surface area contributed by atoms with E-state index in [1.165, 1.54) is 12.3 Å². The quantitative estimate of drug-likeness (QED) is 0.233. The van der Waals surface area contributed by atoms with E-state index >= 15 is 0 Å². The molecule has 4 nitrogen and oxygen atoms in total. The summed E-state index contributed by atoms with van der Waals surface area (Å²) in [4.78, 5) is 10.5. The van der Waals surface area contributed by atoms with Crippen molar-refractivity contribution >= 4 is 16.5 Å². The van der Waals surface area contributed by atoms with E-state index in [0.717, 1.165) is 0 Å². The first-order valence-electron chi connectivity index (χ1n) is 3.16. The molecule has 0 saturated carbocycles. The average molecular weight is 176 g/mol. The SMILES string of the molecule is COCCOC=CC(=O)O[SiH3]. The lowest BCUT2D eigenvalue weighted by Crippen LogP contribution is -1.99. The molecule has 5 heteroatoms. The van der Waals surface area contributed by atoms with Crippen LogP contribution in [0.4, 0.5) is 0 Å². The van der Waals surface area contributed by atoms with Crippen molar-refractivity contribution in [1.29, 1.82) is 0 Å². The van der Waals surface area contributed by atoms with Crippen LogP contribution in [-0.4, -0.2) is 36.8 Å². The van der Waals surface area contributed by atoms with Crippen LogP contribution < -0.4 is 0 Å². The predicted molar refractivity (Wildman–Crippen MR) is 43.0 cm³/mol. The largest absolute Gasteiger partial charge is 0.526 e. The molecular formula is C6H12O4Si. The maximum Gasteiger partial charge on any atom is 0.319 e. The Balaban J connectivity index is 3.22. The van der Waals surface area contributed by atoms with E-state index in [0.29, 0.717) is 23.7 Å². The zero-order chi connectivity index (χ0) is 8.53. The molecule has 0 rings (SSSR count). The topological polar surface area (TPSA) is 44.8 Å². The first kappa shape index (κ1) is 10.2. The Kier molecular flexibility index (Phi) is 6.76. The van der Waals surface area contributed by atoms with Crippen LogP contribution >= 0.6 is 0 Å². The molecule has 0 saturated heterocycles. The Morgan fingerprint density at radius 2 is 2.27 bits per heavy atom. The van der Waals surface area contributed by atoms with Crippen LogP contribution in [0.2, 0.25) is 0 Å². The summed E-state index contributed by atoms with van der Waals surface area (Å²) >= 11 is 0. The fourth-order valence-corrected chi connectivity index (χ4v) is 0.507. The van der Waals surface area contributed by atoms with Gasteiger partial charge in [-0.2, -0.15) is 0 Å². The summed E-state index contributed by atoms with van der Waals surface area (Å²) in [5.74, 6) is -0.367. The van der Waals surface area contributed by atoms with Crippen molar-refractivity contribution in [2.45, 2.75) is 0 Å². The highest BCUT2D eigenvalue weighted by atomic mass is 28.2. The van der Waals surface area contributed by atoms with E-state index in [2.05, 4.69) is 4.43 Å². The van der Waals surface area contributed by atoms with Crippen molar-refractivity contribution in [2.75, 3.05) is 20.3 Å². The number of hydrogen-bond acceptors (Lipinski definition) is 4. The normalized spacial score (nSPS) is 10.3. The third-order valence-corrected chi connectivity index (χ3v) is 1.31. The van der Waals surface area contributed by atoms with Crippen molar-refractivity contribution in [3.63, 3.8) is 0 Å². The smallest absolute Gasteiger partial charge is 0.319 e. The molecule has 0 aliphatic rings. The van der Waals surface area contributed by atoms with E-state index in [1.807, 2.05) is 0 Å². The van der Waals surface area contributed by atoms with Crippen LogP contribution in [0.3, 0.4) is 0 Å². The second-order valence-corrected chi connectivity index (χ2v) is 2.10. The van der Waals surface area contributed by atoms with Gasteiger partial charge in [-0.05, 0) is 0 Å². The maximum atomic E-state index is 10.5. The van der Waals surface area contributed by atoms with Crippen LogP contribution in [0.15, 0.2) is 12.3 Å². The molecule has 0 radical (unpaired) electrons. The Morgan fingerprint density at radius 3 is 2.82 bits per heavy atom. The highest BCUT2D eigenvalue weighted by Gasteiger charge is 1.88. The first-order chi connectivity index (χ1) is 5.31. The van der Waals surface area contributed by atoms with Gasteiger partial charge in [0.1, 0.15) is 6.61 Å². The Bertz CT molecular complexity index is 135. The zero-order valence-corrected chi connectivity index (χ0v) is 8.70. The third-order valence-electron chi connectivity index (χ3n) is 0.907. The highest BCUT2D eigenvalue weighted by molar-refractivity contribution is 6.07. The van der Waals surface area contributed by atoms with Gasteiger partial charge in [-0.15, -0.1) is 0 Å². The van der Waals surface area contributed by atoms with Crippen molar-refractivity contribution in [3.8, 4) is 0 Å². The standard InChI is InChI=1S/C6H12O4Si/c1-8-4-5-9-3-2-6(7)10-11/h2-3H,4-5H2,1,11H3. The first-order valence-corrected chi connectivity index (χ1v) is 3.98. The van der Waals surface area contributed by atoms with E-state index in [4.69, 9.17) is 9.47 Å². The van der Waals surface area contributed by atoms with Crippen LogP contribution in [0.1, 0.15) is 0 Å². The number of carbonyl (C=O) groups is 1. The molecule has 0 aliphatic heterocycles. The monoisotopic (exact) mass is 176 g/mol. The molecule has 0 aliphatic carbocycles. The minimum atomic E-state index is -0.367. The fourth-order valence-electron chi connectivity index (χ4n) is 0.371. The Labute approximate surface area is 68.7 Å². The van der Waals surface area contributed by atoms with E-state index in [9.17, 15) is 4.79 Å². The van der Waals surface area contributed by atoms with Gasteiger partial charge < -0.3 is 13.9 Å². The summed E-state index contributed by atoms with van der Waals surface area (Å²) in [6.45, 7) is 0.960. The van der Waals surface area contributed by atoms with Crippen molar-refractivity contribution < 1.29 is 18.7 Å². The predicted octanol–water partition coefficient (Wildman–Crippen LogP) is -1.01. The lowest BCUT2D eigenvalue weighted by molar-refractivity contribution is -0.128. The van der Waals surface area contributed by atoms with Gasteiger partial charge in [-0.1, -0.05) is 0 Å². The maximum absolute atomic E-state index is 10.5. The summed E-state index contributed by atoms with van der Waals surface area (Å²) in [5, 5.41) is 0.